The van der Waals surface area contributed by atoms with Crippen LogP contribution < -0.4 is 0 Å². The highest BCUT2D eigenvalue weighted by molar-refractivity contribution is 6.30. The summed E-state index contributed by atoms with van der Waals surface area (Å²) in [6.07, 6.45) is 0. The van der Waals surface area contributed by atoms with Crippen LogP contribution in [0.3, 0.4) is 0 Å². The molecule has 0 atom stereocenters. The number of aryl methyl sites for hydroxylation is 2. The maximum Gasteiger partial charge on any atom is 0.178 e. The second-order valence-electron chi connectivity index (χ2n) is 4.05. The molecule has 0 spiro atoms. The van der Waals surface area contributed by atoms with E-state index in [1.54, 1.807) is 20.8 Å². The number of nitrogens with zero attached hydrogens (tertiary/aromatic N) is 2. The highest BCUT2D eigenvalue weighted by atomic mass is 35.5. The van der Waals surface area contributed by atoms with Crippen molar-refractivity contribution in [1.29, 1.82) is 0 Å². The summed E-state index contributed by atoms with van der Waals surface area (Å²) in [6.45, 7) is 5.29. The molecule has 94 valence electrons. The predicted molar refractivity (Wildman–Crippen MR) is 66.6 cm³/mol. The van der Waals surface area contributed by atoms with Crippen molar-refractivity contribution in [3.8, 4) is 11.3 Å². The third-order valence-electron chi connectivity index (χ3n) is 2.79. The van der Waals surface area contributed by atoms with Crippen molar-refractivity contribution in [2.45, 2.75) is 20.8 Å². The summed E-state index contributed by atoms with van der Waals surface area (Å²) in [7, 11) is 0. The molecule has 0 aliphatic rings. The van der Waals surface area contributed by atoms with Gasteiger partial charge in [-0.05, 0) is 38.5 Å². The molecule has 0 bridgehead atoms. The molecule has 2 rings (SSSR count). The van der Waals surface area contributed by atoms with Crippen molar-refractivity contribution in [2.24, 2.45) is 0 Å². The van der Waals surface area contributed by atoms with Gasteiger partial charge in [-0.15, -0.1) is 0 Å². The van der Waals surface area contributed by atoms with Crippen LogP contribution in [0.4, 0.5) is 8.78 Å². The van der Waals surface area contributed by atoms with E-state index in [0.29, 0.717) is 11.5 Å². The van der Waals surface area contributed by atoms with Gasteiger partial charge in [0.25, 0.3) is 0 Å². The normalized spacial score (nSPS) is 10.8. The van der Waals surface area contributed by atoms with Crippen LogP contribution in [0.2, 0.25) is 5.02 Å². The first-order chi connectivity index (χ1) is 8.41. The van der Waals surface area contributed by atoms with Crippen molar-refractivity contribution in [3.05, 3.63) is 45.9 Å². The van der Waals surface area contributed by atoms with Crippen LogP contribution >= 0.6 is 11.6 Å². The van der Waals surface area contributed by atoms with Crippen molar-refractivity contribution in [3.63, 3.8) is 0 Å². The Morgan fingerprint density at radius 3 is 2.33 bits per heavy atom. The van der Waals surface area contributed by atoms with Crippen LogP contribution in [0, 0.1) is 32.4 Å². The quantitative estimate of drug-likeness (QED) is 0.731. The van der Waals surface area contributed by atoms with Gasteiger partial charge in [0.15, 0.2) is 11.6 Å². The number of benzene rings is 1. The second kappa shape index (κ2) is 4.61. The number of hydrogen-bond acceptors (Lipinski definition) is 2. The molecule has 5 heteroatoms. The lowest BCUT2D eigenvalue weighted by molar-refractivity contribution is 0.511. The van der Waals surface area contributed by atoms with Crippen molar-refractivity contribution in [2.75, 3.05) is 0 Å². The average molecular weight is 269 g/mol. The Bertz CT molecular complexity index is 627. The Balaban J connectivity index is 2.74. The first-order valence-corrected chi connectivity index (χ1v) is 5.75. The number of aromatic nitrogens is 2. The summed E-state index contributed by atoms with van der Waals surface area (Å²) < 4.78 is 27.3. The lowest BCUT2D eigenvalue weighted by atomic mass is 10.0. The summed E-state index contributed by atoms with van der Waals surface area (Å²) >= 11 is 5.53. The smallest absolute Gasteiger partial charge is 0.178 e. The molecule has 0 aliphatic heterocycles. The Morgan fingerprint density at radius 2 is 1.67 bits per heavy atom. The van der Waals surface area contributed by atoms with Crippen molar-refractivity contribution >= 4 is 11.6 Å². The fourth-order valence-corrected chi connectivity index (χ4v) is 1.89. The van der Waals surface area contributed by atoms with E-state index < -0.39 is 11.6 Å². The highest BCUT2D eigenvalue weighted by Crippen LogP contribution is 2.29. The molecular formula is C13H11ClF2N2. The Kier molecular flexibility index (Phi) is 3.30. The van der Waals surface area contributed by atoms with Crippen LogP contribution in [0.5, 0.6) is 0 Å². The van der Waals surface area contributed by atoms with Crippen LogP contribution in [0.15, 0.2) is 12.1 Å². The fourth-order valence-electron chi connectivity index (χ4n) is 1.74. The topological polar surface area (TPSA) is 25.8 Å². The highest BCUT2D eigenvalue weighted by Gasteiger charge is 2.17. The summed E-state index contributed by atoms with van der Waals surface area (Å²) in [5.41, 5.74) is 1.96. The van der Waals surface area contributed by atoms with Crippen LogP contribution in [0.25, 0.3) is 11.3 Å². The lowest BCUT2D eigenvalue weighted by Crippen LogP contribution is -2.01. The molecule has 1 heterocycles. The van der Waals surface area contributed by atoms with Crippen LogP contribution in [-0.2, 0) is 0 Å². The molecule has 1 aromatic heterocycles. The lowest BCUT2D eigenvalue weighted by Gasteiger charge is -2.10. The van der Waals surface area contributed by atoms with Crippen LogP contribution in [0.1, 0.15) is 17.1 Å². The summed E-state index contributed by atoms with van der Waals surface area (Å²) in [5.74, 6) is -1.52. The summed E-state index contributed by atoms with van der Waals surface area (Å²) in [4.78, 5) is 8.35. The molecule has 2 aromatic rings. The maximum absolute atomic E-state index is 13.9. The monoisotopic (exact) mass is 268 g/mol. The third kappa shape index (κ3) is 2.08. The van der Waals surface area contributed by atoms with E-state index in [0.717, 1.165) is 11.3 Å². The molecule has 0 saturated carbocycles. The van der Waals surface area contributed by atoms with Gasteiger partial charge in [0.05, 0.1) is 10.7 Å². The molecule has 0 aliphatic carbocycles. The van der Waals surface area contributed by atoms with Gasteiger partial charge in [-0.3, -0.25) is 0 Å². The van der Waals surface area contributed by atoms with E-state index in [4.69, 9.17) is 11.6 Å². The van der Waals surface area contributed by atoms with Crippen molar-refractivity contribution < 1.29 is 8.78 Å². The molecule has 0 amide bonds. The van der Waals surface area contributed by atoms with Gasteiger partial charge in [-0.1, -0.05) is 11.6 Å². The molecule has 0 saturated heterocycles. The molecule has 0 N–H and O–H groups in total. The van der Waals surface area contributed by atoms with E-state index >= 15 is 0 Å². The van der Waals surface area contributed by atoms with E-state index in [1.165, 1.54) is 12.1 Å². The van der Waals surface area contributed by atoms with Gasteiger partial charge in [0.1, 0.15) is 5.82 Å². The third-order valence-corrected chi connectivity index (χ3v) is 3.08. The summed E-state index contributed by atoms with van der Waals surface area (Å²) in [6, 6.07) is 2.75. The molecule has 2 nitrogen and oxygen atoms in total. The molecule has 18 heavy (non-hydrogen) atoms. The minimum atomic E-state index is -1.05. The Morgan fingerprint density at radius 1 is 1.00 bits per heavy atom. The Labute approximate surface area is 109 Å². The van der Waals surface area contributed by atoms with Gasteiger partial charge in [0.2, 0.25) is 0 Å². The fraction of sp³-hybridized carbons (Fsp3) is 0.231. The molecule has 0 fully saturated rings. The first-order valence-electron chi connectivity index (χ1n) is 5.37. The minimum absolute atomic E-state index is 0.100. The zero-order chi connectivity index (χ0) is 13.4. The Hall–Kier alpha value is -1.55. The minimum Gasteiger partial charge on any atom is -0.238 e. The predicted octanol–water partition coefficient (Wildman–Crippen LogP) is 4.00. The second-order valence-corrected chi connectivity index (χ2v) is 4.46. The van der Waals surface area contributed by atoms with Gasteiger partial charge < -0.3 is 0 Å². The first kappa shape index (κ1) is 12.9. The number of rotatable bonds is 1. The number of halogens is 3. The van der Waals surface area contributed by atoms with Crippen LogP contribution in [-0.4, -0.2) is 9.97 Å². The standard InChI is InChI=1S/C13H11ClF2N2/c1-6-7(2)17-8(3)18-13(6)9-4-5-10(14)12(16)11(9)15/h4-5H,1-3H3. The zero-order valence-electron chi connectivity index (χ0n) is 10.2. The van der Waals surface area contributed by atoms with Crippen molar-refractivity contribution in [1.82, 2.24) is 9.97 Å². The zero-order valence-corrected chi connectivity index (χ0v) is 10.9. The van der Waals surface area contributed by atoms with Gasteiger partial charge in [0, 0.05) is 11.3 Å². The van der Waals surface area contributed by atoms with Gasteiger partial charge in [-0.2, -0.15) is 0 Å². The average Bonchev–Trinajstić information content (AvgIpc) is 2.31. The summed E-state index contributed by atoms with van der Waals surface area (Å²) in [5, 5.41) is -0.239. The molecule has 0 unspecified atom stereocenters. The number of hydrogen-bond donors (Lipinski definition) is 0. The van der Waals surface area contributed by atoms with E-state index in [1.807, 2.05) is 0 Å². The molecule has 0 radical (unpaired) electrons. The molecular weight excluding hydrogens is 258 g/mol. The van der Waals surface area contributed by atoms with E-state index in [9.17, 15) is 8.78 Å². The molecule has 1 aromatic carbocycles. The van der Waals surface area contributed by atoms with E-state index in [2.05, 4.69) is 9.97 Å². The van der Waals surface area contributed by atoms with Gasteiger partial charge in [-0.25, -0.2) is 18.7 Å². The maximum atomic E-state index is 13.9. The van der Waals surface area contributed by atoms with Gasteiger partial charge >= 0.3 is 0 Å². The largest absolute Gasteiger partial charge is 0.238 e. The SMILES string of the molecule is Cc1nc(C)c(C)c(-c2ccc(Cl)c(F)c2F)n1. The van der Waals surface area contributed by atoms with E-state index in [-0.39, 0.29) is 10.6 Å².